The summed E-state index contributed by atoms with van der Waals surface area (Å²) in [7, 11) is 0. The standard InChI is InChI=1S/C26H37NO2/c1-16-5-7-18(8-6-16)29-19-14-21-24-17(2)13-22-26(4,12-10-23(28)27-22)20(24)9-11-25(21,3)15-19/h5-8,17,19-22,24H,9-15H2,1-4H3,(H,27,28)/t17?,19?,20?,21?,22?,24?,25-,26-/m1/s1. The molecule has 3 nitrogen and oxygen atoms in total. The molecule has 3 saturated carbocycles. The molecule has 3 heteroatoms. The second-order valence-corrected chi connectivity index (χ2v) is 11.3. The van der Waals surface area contributed by atoms with Gasteiger partial charge in [0.1, 0.15) is 5.75 Å². The number of carbonyl (C=O) groups excluding carboxylic acids is 1. The molecule has 1 aromatic rings. The van der Waals surface area contributed by atoms with Crippen molar-refractivity contribution in [1.82, 2.24) is 5.32 Å². The number of ether oxygens (including phenoxy) is 1. The summed E-state index contributed by atoms with van der Waals surface area (Å²) in [5.74, 6) is 4.25. The number of fused-ring (bicyclic) bond motifs is 5. The summed E-state index contributed by atoms with van der Waals surface area (Å²) in [6, 6.07) is 8.93. The molecule has 1 amide bonds. The quantitative estimate of drug-likeness (QED) is 0.717. The molecule has 1 heterocycles. The number of amides is 1. The van der Waals surface area contributed by atoms with E-state index in [-0.39, 0.29) is 11.3 Å². The van der Waals surface area contributed by atoms with Crippen LogP contribution in [-0.4, -0.2) is 18.1 Å². The minimum atomic E-state index is 0.270. The minimum Gasteiger partial charge on any atom is -0.490 e. The van der Waals surface area contributed by atoms with E-state index < -0.39 is 0 Å². The number of piperidine rings is 1. The lowest BCUT2D eigenvalue weighted by molar-refractivity contribution is -0.141. The first-order valence-corrected chi connectivity index (χ1v) is 11.8. The third-order valence-corrected chi connectivity index (χ3v) is 9.52. The SMILES string of the molecule is Cc1ccc(OC2CC3C4C(C)CC5NC(=O)CC[C@]5(C)C4CC[C@]3(C)C2)cc1. The van der Waals surface area contributed by atoms with Crippen molar-refractivity contribution in [2.75, 3.05) is 0 Å². The van der Waals surface area contributed by atoms with Crippen molar-refractivity contribution in [2.45, 2.75) is 84.8 Å². The van der Waals surface area contributed by atoms with E-state index in [1.54, 1.807) is 0 Å². The Hall–Kier alpha value is -1.51. The summed E-state index contributed by atoms with van der Waals surface area (Å²) in [6.45, 7) is 9.60. The first-order valence-electron chi connectivity index (χ1n) is 11.8. The highest BCUT2D eigenvalue weighted by molar-refractivity contribution is 5.77. The second-order valence-electron chi connectivity index (χ2n) is 11.3. The smallest absolute Gasteiger partial charge is 0.220 e. The summed E-state index contributed by atoms with van der Waals surface area (Å²) >= 11 is 0. The Bertz CT molecular complexity index is 788. The summed E-state index contributed by atoms with van der Waals surface area (Å²) in [6.07, 6.45) is 8.31. The van der Waals surface area contributed by atoms with Crippen LogP contribution in [0.4, 0.5) is 0 Å². The maximum Gasteiger partial charge on any atom is 0.220 e. The molecule has 5 rings (SSSR count). The van der Waals surface area contributed by atoms with Crippen molar-refractivity contribution < 1.29 is 9.53 Å². The Labute approximate surface area is 176 Å². The van der Waals surface area contributed by atoms with E-state index in [0.717, 1.165) is 36.3 Å². The van der Waals surface area contributed by atoms with Gasteiger partial charge in [-0.1, -0.05) is 38.5 Å². The number of benzene rings is 1. The summed E-state index contributed by atoms with van der Waals surface area (Å²) in [4.78, 5) is 12.1. The van der Waals surface area contributed by atoms with Crippen molar-refractivity contribution >= 4 is 5.91 Å². The molecule has 8 atom stereocenters. The fourth-order valence-electron chi connectivity index (χ4n) is 7.94. The average molecular weight is 396 g/mol. The van der Waals surface area contributed by atoms with Crippen molar-refractivity contribution in [3.8, 4) is 5.75 Å². The number of rotatable bonds is 2. The molecule has 1 aliphatic heterocycles. The second kappa shape index (κ2) is 6.75. The van der Waals surface area contributed by atoms with Gasteiger partial charge in [-0.2, -0.15) is 0 Å². The van der Waals surface area contributed by atoms with E-state index in [1.165, 1.54) is 31.2 Å². The fraction of sp³-hybridized carbons (Fsp3) is 0.731. The number of nitrogens with one attached hydrogen (secondary N) is 1. The molecule has 1 aromatic carbocycles. The van der Waals surface area contributed by atoms with Gasteiger partial charge in [0.15, 0.2) is 0 Å². The van der Waals surface area contributed by atoms with E-state index in [9.17, 15) is 4.79 Å². The van der Waals surface area contributed by atoms with Crippen LogP contribution in [0.2, 0.25) is 0 Å². The van der Waals surface area contributed by atoms with Crippen LogP contribution in [0.15, 0.2) is 24.3 Å². The Balaban J connectivity index is 1.38. The third-order valence-electron chi connectivity index (χ3n) is 9.52. The topological polar surface area (TPSA) is 38.3 Å². The highest BCUT2D eigenvalue weighted by atomic mass is 16.5. The Morgan fingerprint density at radius 3 is 2.59 bits per heavy atom. The van der Waals surface area contributed by atoms with Crippen LogP contribution >= 0.6 is 0 Å². The van der Waals surface area contributed by atoms with Crippen LogP contribution < -0.4 is 10.1 Å². The van der Waals surface area contributed by atoms with Crippen LogP contribution in [-0.2, 0) is 4.79 Å². The van der Waals surface area contributed by atoms with Crippen molar-refractivity contribution in [1.29, 1.82) is 0 Å². The zero-order valence-corrected chi connectivity index (χ0v) is 18.5. The van der Waals surface area contributed by atoms with Crippen LogP contribution in [0.25, 0.3) is 0 Å². The predicted molar refractivity (Wildman–Crippen MR) is 116 cm³/mol. The van der Waals surface area contributed by atoms with E-state index in [4.69, 9.17) is 4.74 Å². The fourth-order valence-corrected chi connectivity index (χ4v) is 7.94. The van der Waals surface area contributed by atoms with E-state index in [1.807, 2.05) is 0 Å². The maximum absolute atomic E-state index is 12.1. The minimum absolute atomic E-state index is 0.270. The van der Waals surface area contributed by atoms with Gasteiger partial charge < -0.3 is 10.1 Å². The van der Waals surface area contributed by atoms with Gasteiger partial charge >= 0.3 is 0 Å². The zero-order valence-electron chi connectivity index (χ0n) is 18.5. The van der Waals surface area contributed by atoms with Crippen molar-refractivity contribution in [3.05, 3.63) is 29.8 Å². The molecule has 0 spiro atoms. The van der Waals surface area contributed by atoms with Gasteiger partial charge in [0.2, 0.25) is 5.91 Å². The monoisotopic (exact) mass is 395 g/mol. The lowest BCUT2D eigenvalue weighted by atomic mass is 9.45. The first kappa shape index (κ1) is 19.5. The molecule has 4 fully saturated rings. The lowest BCUT2D eigenvalue weighted by Crippen LogP contribution is -2.62. The van der Waals surface area contributed by atoms with Gasteiger partial charge in [0, 0.05) is 12.5 Å². The molecule has 0 aromatic heterocycles. The van der Waals surface area contributed by atoms with Gasteiger partial charge in [-0.25, -0.2) is 0 Å². The molecule has 3 aliphatic carbocycles. The Kier molecular flexibility index (Phi) is 4.53. The molecule has 0 radical (unpaired) electrons. The maximum atomic E-state index is 12.1. The van der Waals surface area contributed by atoms with Crippen molar-refractivity contribution in [2.24, 2.45) is 34.5 Å². The Morgan fingerprint density at radius 1 is 1.07 bits per heavy atom. The van der Waals surface area contributed by atoms with E-state index in [0.29, 0.717) is 29.9 Å². The van der Waals surface area contributed by atoms with E-state index >= 15 is 0 Å². The molecule has 1 N–H and O–H groups in total. The van der Waals surface area contributed by atoms with Crippen LogP contribution in [0.5, 0.6) is 5.75 Å². The van der Waals surface area contributed by atoms with Gasteiger partial charge in [-0.3, -0.25) is 4.79 Å². The van der Waals surface area contributed by atoms with Crippen molar-refractivity contribution in [3.63, 3.8) is 0 Å². The normalized spacial score (nSPS) is 46.3. The number of aryl methyl sites for hydroxylation is 1. The zero-order chi connectivity index (χ0) is 20.4. The number of carbonyl (C=O) groups is 1. The van der Waals surface area contributed by atoms with Crippen LogP contribution in [0, 0.1) is 41.4 Å². The van der Waals surface area contributed by atoms with Gasteiger partial charge in [-0.05, 0) is 92.1 Å². The molecular formula is C26H37NO2. The number of hydrogen-bond acceptors (Lipinski definition) is 2. The average Bonchev–Trinajstić information content (AvgIpc) is 3.01. The summed E-state index contributed by atoms with van der Waals surface area (Å²) < 4.78 is 6.49. The highest BCUT2D eigenvalue weighted by Gasteiger charge is 2.61. The number of hydrogen-bond donors (Lipinski definition) is 1. The highest BCUT2D eigenvalue weighted by Crippen LogP contribution is 2.65. The lowest BCUT2D eigenvalue weighted by Gasteiger charge is -2.61. The molecule has 0 bridgehead atoms. The van der Waals surface area contributed by atoms with Gasteiger partial charge in [0.25, 0.3) is 0 Å². The molecule has 1 saturated heterocycles. The molecule has 4 aliphatic rings. The molecule has 158 valence electrons. The summed E-state index contributed by atoms with van der Waals surface area (Å²) in [5, 5.41) is 3.37. The third kappa shape index (κ3) is 3.11. The Morgan fingerprint density at radius 2 is 1.83 bits per heavy atom. The molecule has 6 unspecified atom stereocenters. The summed E-state index contributed by atoms with van der Waals surface area (Å²) in [5.41, 5.74) is 1.97. The van der Waals surface area contributed by atoms with Crippen LogP contribution in [0.1, 0.15) is 71.3 Å². The first-order chi connectivity index (χ1) is 13.8. The van der Waals surface area contributed by atoms with E-state index in [2.05, 4.69) is 57.3 Å². The van der Waals surface area contributed by atoms with Crippen LogP contribution in [0.3, 0.4) is 0 Å². The van der Waals surface area contributed by atoms with Gasteiger partial charge in [0.05, 0.1) is 6.10 Å². The predicted octanol–water partition coefficient (Wildman–Crippen LogP) is 5.51. The molecule has 29 heavy (non-hydrogen) atoms. The van der Waals surface area contributed by atoms with Gasteiger partial charge in [-0.15, -0.1) is 0 Å². The molecular weight excluding hydrogens is 358 g/mol. The largest absolute Gasteiger partial charge is 0.490 e.